The van der Waals surface area contributed by atoms with Gasteiger partial charge in [-0.3, -0.25) is 14.3 Å². The van der Waals surface area contributed by atoms with Crippen molar-refractivity contribution < 1.29 is 20.1 Å². The summed E-state index contributed by atoms with van der Waals surface area (Å²) in [6.07, 6.45) is -2.09. The third kappa shape index (κ3) is 2.02. The van der Waals surface area contributed by atoms with Crippen molar-refractivity contribution in [3.05, 3.63) is 27.4 Å². The molecule has 0 amide bonds. The van der Waals surface area contributed by atoms with Crippen molar-refractivity contribution in [1.82, 2.24) is 9.55 Å². The number of aliphatic hydroxyl groups is 3. The predicted molar refractivity (Wildman–Crippen MR) is 63.5 cm³/mol. The minimum Gasteiger partial charge on any atom is -0.393 e. The molecule has 2 rings (SSSR count). The molecule has 1 aliphatic rings. The Labute approximate surface area is 107 Å². The maximum absolute atomic E-state index is 11.1. The van der Waals surface area contributed by atoms with Gasteiger partial charge in [-0.2, -0.15) is 0 Å². The first-order chi connectivity index (χ1) is 8.39. The zero-order chi connectivity index (χ0) is 13.5. The Morgan fingerprint density at radius 2 is 2.28 bits per heavy atom. The van der Waals surface area contributed by atoms with Gasteiger partial charge in [0.25, 0.3) is 5.56 Å². The summed E-state index contributed by atoms with van der Waals surface area (Å²) in [5, 5.41) is 29.0. The van der Waals surface area contributed by atoms with Crippen LogP contribution >= 0.6 is 12.2 Å². The van der Waals surface area contributed by atoms with Crippen LogP contribution in [0.5, 0.6) is 0 Å². The highest BCUT2D eigenvalue weighted by Gasteiger charge is 2.51. The quantitative estimate of drug-likeness (QED) is 0.510. The van der Waals surface area contributed by atoms with Gasteiger partial charge in [-0.15, -0.1) is 0 Å². The Bertz CT molecular complexity index is 556. The maximum atomic E-state index is 11.1. The smallest absolute Gasteiger partial charge is 0.251 e. The molecule has 1 aromatic rings. The van der Waals surface area contributed by atoms with Gasteiger partial charge < -0.3 is 20.1 Å². The van der Waals surface area contributed by atoms with Crippen molar-refractivity contribution in [2.75, 3.05) is 6.61 Å². The number of hydrogen-bond acceptors (Lipinski definition) is 6. The Morgan fingerprint density at radius 3 is 2.78 bits per heavy atom. The minimum atomic E-state index is -1.27. The Hall–Kier alpha value is -1.06. The molecule has 1 fully saturated rings. The zero-order valence-corrected chi connectivity index (χ0v) is 10.4. The SMILES string of the molecule is C[C@]1(CO)O[C@@H](n2ccc(=O)[nH]c2=S)[C@@H](O)C1O. The van der Waals surface area contributed by atoms with E-state index < -0.39 is 30.6 Å². The molecule has 0 spiro atoms. The van der Waals surface area contributed by atoms with Gasteiger partial charge in [0, 0.05) is 12.3 Å². The van der Waals surface area contributed by atoms with E-state index in [-0.39, 0.29) is 10.3 Å². The molecule has 4 N–H and O–H groups in total. The first-order valence-electron chi connectivity index (χ1n) is 5.35. The molecule has 0 saturated carbocycles. The number of rotatable bonds is 2. The van der Waals surface area contributed by atoms with Crippen LogP contribution in [0.1, 0.15) is 13.2 Å². The van der Waals surface area contributed by atoms with Crippen molar-refractivity contribution in [3.8, 4) is 0 Å². The molecule has 2 heterocycles. The number of H-pyrrole nitrogens is 1. The Kier molecular flexibility index (Phi) is 3.39. The fourth-order valence-corrected chi connectivity index (χ4v) is 2.18. The summed E-state index contributed by atoms with van der Waals surface area (Å²) in [4.78, 5) is 13.4. The topological polar surface area (TPSA) is 108 Å². The lowest BCUT2D eigenvalue weighted by molar-refractivity contribution is -0.117. The molecule has 0 bridgehead atoms. The van der Waals surface area contributed by atoms with Crippen LogP contribution < -0.4 is 5.56 Å². The number of nitrogens with one attached hydrogen (secondary N) is 1. The van der Waals surface area contributed by atoms with E-state index in [4.69, 9.17) is 17.0 Å². The van der Waals surface area contributed by atoms with Gasteiger partial charge in [-0.05, 0) is 19.1 Å². The van der Waals surface area contributed by atoms with Gasteiger partial charge in [0.15, 0.2) is 11.0 Å². The van der Waals surface area contributed by atoms with Crippen LogP contribution in [-0.2, 0) is 4.74 Å². The number of aromatic amines is 1. The summed E-state index contributed by atoms with van der Waals surface area (Å²) in [5.74, 6) is 0. The molecule has 8 heteroatoms. The summed E-state index contributed by atoms with van der Waals surface area (Å²) < 4.78 is 6.85. The first-order valence-corrected chi connectivity index (χ1v) is 5.76. The number of aliphatic hydroxyl groups excluding tert-OH is 3. The summed E-state index contributed by atoms with van der Waals surface area (Å²) in [5.41, 5.74) is -1.64. The minimum absolute atomic E-state index is 0.0703. The lowest BCUT2D eigenvalue weighted by Crippen LogP contribution is -2.43. The summed E-state index contributed by atoms with van der Waals surface area (Å²) in [6.45, 7) is 1.04. The highest BCUT2D eigenvalue weighted by molar-refractivity contribution is 7.71. The molecule has 7 nitrogen and oxygen atoms in total. The van der Waals surface area contributed by atoms with Crippen LogP contribution in [0.2, 0.25) is 0 Å². The van der Waals surface area contributed by atoms with Gasteiger partial charge in [-0.25, -0.2) is 0 Å². The van der Waals surface area contributed by atoms with Gasteiger partial charge in [0.1, 0.15) is 17.8 Å². The summed E-state index contributed by atoms with van der Waals surface area (Å²) >= 11 is 4.95. The predicted octanol–water partition coefficient (Wildman–Crippen LogP) is -1.09. The van der Waals surface area contributed by atoms with E-state index in [1.165, 1.54) is 23.8 Å². The first kappa shape index (κ1) is 13.4. The van der Waals surface area contributed by atoms with Gasteiger partial charge in [0.05, 0.1) is 6.61 Å². The molecular weight excluding hydrogens is 260 g/mol. The van der Waals surface area contributed by atoms with E-state index in [1.54, 1.807) is 0 Å². The third-order valence-corrected chi connectivity index (χ3v) is 3.38. The molecule has 18 heavy (non-hydrogen) atoms. The van der Waals surface area contributed by atoms with Crippen molar-refractivity contribution in [2.45, 2.75) is 31.0 Å². The van der Waals surface area contributed by atoms with Gasteiger partial charge in [-0.1, -0.05) is 0 Å². The fourth-order valence-electron chi connectivity index (χ4n) is 1.91. The van der Waals surface area contributed by atoms with Crippen LogP contribution in [0.15, 0.2) is 17.1 Å². The van der Waals surface area contributed by atoms with Crippen molar-refractivity contribution >= 4 is 12.2 Å². The van der Waals surface area contributed by atoms with Crippen LogP contribution in [0.25, 0.3) is 0 Å². The second kappa shape index (κ2) is 4.56. The lowest BCUT2D eigenvalue weighted by Gasteiger charge is -2.24. The van der Waals surface area contributed by atoms with E-state index in [0.29, 0.717) is 0 Å². The summed E-state index contributed by atoms with van der Waals surface area (Å²) in [7, 11) is 0. The number of ether oxygens (including phenoxy) is 1. The van der Waals surface area contributed by atoms with E-state index >= 15 is 0 Å². The average Bonchev–Trinajstić information content (AvgIpc) is 2.55. The van der Waals surface area contributed by atoms with E-state index in [0.717, 1.165) is 0 Å². The molecule has 0 aliphatic carbocycles. The fraction of sp³-hybridized carbons (Fsp3) is 0.600. The van der Waals surface area contributed by atoms with Crippen LogP contribution in [0.4, 0.5) is 0 Å². The van der Waals surface area contributed by atoms with Crippen LogP contribution in [0.3, 0.4) is 0 Å². The van der Waals surface area contributed by atoms with Gasteiger partial charge >= 0.3 is 0 Å². The molecule has 1 aromatic heterocycles. The average molecular weight is 274 g/mol. The van der Waals surface area contributed by atoms with Crippen LogP contribution in [0, 0.1) is 4.77 Å². The molecule has 0 radical (unpaired) electrons. The molecule has 0 aromatic carbocycles. The molecule has 100 valence electrons. The van der Waals surface area contributed by atoms with Crippen LogP contribution in [-0.4, -0.2) is 49.3 Å². The lowest BCUT2D eigenvalue weighted by atomic mass is 9.99. The maximum Gasteiger partial charge on any atom is 0.251 e. The number of nitrogens with zero attached hydrogens (tertiary/aromatic N) is 1. The van der Waals surface area contributed by atoms with Crippen molar-refractivity contribution in [1.29, 1.82) is 0 Å². The molecular formula is C10H14N2O5S. The van der Waals surface area contributed by atoms with E-state index in [2.05, 4.69) is 4.98 Å². The van der Waals surface area contributed by atoms with Crippen molar-refractivity contribution in [3.63, 3.8) is 0 Å². The Morgan fingerprint density at radius 1 is 1.61 bits per heavy atom. The third-order valence-electron chi connectivity index (χ3n) is 3.07. The standard InChI is InChI=1S/C10H14N2O5S/c1-10(4-13)7(16)6(15)8(17-10)12-3-2-5(14)11-9(12)18/h2-3,6-8,13,15-16H,4H2,1H3,(H,11,14,18)/t6-,7?,8+,10+/m0/s1. The number of hydrogen-bond donors (Lipinski definition) is 4. The molecule has 1 saturated heterocycles. The molecule has 1 aliphatic heterocycles. The Balaban J connectivity index is 2.41. The highest BCUT2D eigenvalue weighted by atomic mass is 32.1. The zero-order valence-electron chi connectivity index (χ0n) is 9.61. The van der Waals surface area contributed by atoms with E-state index in [1.807, 2.05) is 0 Å². The monoisotopic (exact) mass is 274 g/mol. The van der Waals surface area contributed by atoms with E-state index in [9.17, 15) is 20.1 Å². The van der Waals surface area contributed by atoms with Gasteiger partial charge in [0.2, 0.25) is 0 Å². The molecule has 4 atom stereocenters. The van der Waals surface area contributed by atoms with Crippen molar-refractivity contribution in [2.24, 2.45) is 0 Å². The second-order valence-electron chi connectivity index (χ2n) is 4.43. The second-order valence-corrected chi connectivity index (χ2v) is 4.82. The summed E-state index contributed by atoms with van der Waals surface area (Å²) in [6, 6.07) is 1.23. The largest absolute Gasteiger partial charge is 0.393 e. The molecule has 1 unspecified atom stereocenters. The normalized spacial score (nSPS) is 35.9. The highest BCUT2D eigenvalue weighted by Crippen LogP contribution is 2.36. The number of aromatic nitrogens is 2.